The van der Waals surface area contributed by atoms with Crippen molar-refractivity contribution in [3.05, 3.63) is 41.6 Å². The highest BCUT2D eigenvalue weighted by Gasteiger charge is 2.18. The SMILES string of the molecule is COc1cccc(C(CNC(=O)c2cn(C)nc2OC)OC)c1. The van der Waals surface area contributed by atoms with Gasteiger partial charge in [-0.15, -0.1) is 5.10 Å². The van der Waals surface area contributed by atoms with Gasteiger partial charge in [-0.05, 0) is 17.7 Å². The van der Waals surface area contributed by atoms with Crippen molar-refractivity contribution in [2.75, 3.05) is 27.9 Å². The van der Waals surface area contributed by atoms with E-state index in [-0.39, 0.29) is 12.0 Å². The summed E-state index contributed by atoms with van der Waals surface area (Å²) < 4.78 is 17.3. The molecule has 0 aliphatic rings. The van der Waals surface area contributed by atoms with Crippen molar-refractivity contribution in [1.29, 1.82) is 0 Å². The van der Waals surface area contributed by atoms with Crippen molar-refractivity contribution in [3.63, 3.8) is 0 Å². The minimum Gasteiger partial charge on any atom is -0.497 e. The summed E-state index contributed by atoms with van der Waals surface area (Å²) in [6, 6.07) is 7.54. The van der Waals surface area contributed by atoms with Crippen LogP contribution in [0.5, 0.6) is 11.6 Å². The Morgan fingerprint density at radius 1 is 1.30 bits per heavy atom. The third-order valence-electron chi connectivity index (χ3n) is 3.43. The smallest absolute Gasteiger partial charge is 0.258 e. The van der Waals surface area contributed by atoms with Gasteiger partial charge < -0.3 is 19.5 Å². The number of nitrogens with zero attached hydrogens (tertiary/aromatic N) is 2. The maximum absolute atomic E-state index is 12.3. The van der Waals surface area contributed by atoms with Gasteiger partial charge in [0.15, 0.2) is 0 Å². The Morgan fingerprint density at radius 2 is 2.09 bits per heavy atom. The first-order valence-corrected chi connectivity index (χ1v) is 7.11. The highest BCUT2D eigenvalue weighted by molar-refractivity contribution is 5.96. The van der Waals surface area contributed by atoms with E-state index >= 15 is 0 Å². The number of aromatic nitrogens is 2. The van der Waals surface area contributed by atoms with Crippen molar-refractivity contribution < 1.29 is 19.0 Å². The van der Waals surface area contributed by atoms with Crippen LogP contribution in [0.4, 0.5) is 0 Å². The summed E-state index contributed by atoms with van der Waals surface area (Å²) in [7, 11) is 6.42. The van der Waals surface area contributed by atoms with Gasteiger partial charge in [0.25, 0.3) is 5.91 Å². The van der Waals surface area contributed by atoms with Gasteiger partial charge in [0.2, 0.25) is 5.88 Å². The lowest BCUT2D eigenvalue weighted by Gasteiger charge is -2.17. The fraction of sp³-hybridized carbons (Fsp3) is 0.375. The first-order valence-electron chi connectivity index (χ1n) is 7.11. The Bertz CT molecular complexity index is 669. The van der Waals surface area contributed by atoms with E-state index < -0.39 is 0 Å². The van der Waals surface area contributed by atoms with Crippen LogP contribution in [0.1, 0.15) is 22.0 Å². The number of methoxy groups -OCH3 is 3. The summed E-state index contributed by atoms with van der Waals surface area (Å²) in [5.74, 6) is 0.769. The normalized spacial score (nSPS) is 11.8. The lowest BCUT2D eigenvalue weighted by Crippen LogP contribution is -2.29. The minimum absolute atomic E-state index is 0.264. The third-order valence-corrected chi connectivity index (χ3v) is 3.43. The first-order chi connectivity index (χ1) is 11.1. The molecule has 1 heterocycles. The number of carbonyl (C=O) groups excluding carboxylic acids is 1. The Labute approximate surface area is 135 Å². The molecule has 1 aromatic heterocycles. The van der Waals surface area contributed by atoms with Crippen LogP contribution in [0, 0.1) is 0 Å². The molecule has 7 nitrogen and oxygen atoms in total. The van der Waals surface area contributed by atoms with Crippen molar-refractivity contribution in [3.8, 4) is 11.6 Å². The second-order valence-corrected chi connectivity index (χ2v) is 4.94. The highest BCUT2D eigenvalue weighted by atomic mass is 16.5. The second kappa shape index (κ2) is 7.64. The molecule has 1 amide bonds. The number of ether oxygens (including phenoxy) is 3. The van der Waals surface area contributed by atoms with E-state index in [9.17, 15) is 4.79 Å². The van der Waals surface area contributed by atoms with E-state index in [4.69, 9.17) is 14.2 Å². The molecule has 23 heavy (non-hydrogen) atoms. The van der Waals surface area contributed by atoms with E-state index in [2.05, 4.69) is 10.4 Å². The van der Waals surface area contributed by atoms with Gasteiger partial charge in [0, 0.05) is 26.9 Å². The van der Waals surface area contributed by atoms with Gasteiger partial charge in [-0.3, -0.25) is 9.48 Å². The molecule has 0 spiro atoms. The summed E-state index contributed by atoms with van der Waals surface area (Å²) >= 11 is 0. The maximum Gasteiger partial charge on any atom is 0.258 e. The molecule has 1 atom stereocenters. The summed E-state index contributed by atoms with van der Waals surface area (Å²) in [5, 5.41) is 6.90. The van der Waals surface area contributed by atoms with E-state index in [0.717, 1.165) is 11.3 Å². The Morgan fingerprint density at radius 3 is 2.74 bits per heavy atom. The number of hydrogen-bond donors (Lipinski definition) is 1. The lowest BCUT2D eigenvalue weighted by molar-refractivity contribution is 0.0825. The number of aryl methyl sites for hydroxylation is 1. The molecule has 1 aromatic carbocycles. The molecule has 1 N–H and O–H groups in total. The summed E-state index contributed by atoms with van der Waals surface area (Å²) in [6.45, 7) is 0.320. The van der Waals surface area contributed by atoms with Crippen LogP contribution < -0.4 is 14.8 Å². The van der Waals surface area contributed by atoms with Gasteiger partial charge >= 0.3 is 0 Å². The monoisotopic (exact) mass is 319 g/mol. The highest BCUT2D eigenvalue weighted by Crippen LogP contribution is 2.21. The standard InChI is InChI=1S/C16H21N3O4/c1-19-10-13(16(18-19)23-4)15(20)17-9-14(22-3)11-6-5-7-12(8-11)21-2/h5-8,10,14H,9H2,1-4H3,(H,17,20). The Kier molecular flexibility index (Phi) is 5.59. The number of amides is 1. The van der Waals surface area contributed by atoms with Crippen LogP contribution in [-0.4, -0.2) is 43.6 Å². The van der Waals surface area contributed by atoms with Gasteiger partial charge in [0.1, 0.15) is 11.3 Å². The predicted octanol–water partition coefficient (Wildman–Crippen LogP) is 1.55. The first kappa shape index (κ1) is 16.8. The topological polar surface area (TPSA) is 74.6 Å². The van der Waals surface area contributed by atoms with E-state index in [1.165, 1.54) is 11.8 Å². The van der Waals surface area contributed by atoms with Crippen molar-refractivity contribution in [2.45, 2.75) is 6.10 Å². The second-order valence-electron chi connectivity index (χ2n) is 4.94. The molecule has 0 radical (unpaired) electrons. The molecule has 2 rings (SSSR count). The van der Waals surface area contributed by atoms with Crippen LogP contribution in [0.2, 0.25) is 0 Å². The Hall–Kier alpha value is -2.54. The average Bonchev–Trinajstić information content (AvgIpc) is 2.96. The van der Waals surface area contributed by atoms with Crippen molar-refractivity contribution in [2.24, 2.45) is 7.05 Å². The van der Waals surface area contributed by atoms with Crippen LogP contribution in [0.3, 0.4) is 0 Å². The molecule has 1 unspecified atom stereocenters. The average molecular weight is 319 g/mol. The molecular weight excluding hydrogens is 298 g/mol. The lowest BCUT2D eigenvalue weighted by atomic mass is 10.1. The Balaban J connectivity index is 2.06. The van der Waals surface area contributed by atoms with Crippen LogP contribution in [-0.2, 0) is 11.8 Å². The van der Waals surface area contributed by atoms with Crippen LogP contribution in [0.25, 0.3) is 0 Å². The molecular formula is C16H21N3O4. The fourth-order valence-corrected chi connectivity index (χ4v) is 2.23. The van der Waals surface area contributed by atoms with E-state index in [0.29, 0.717) is 18.0 Å². The molecule has 124 valence electrons. The van der Waals surface area contributed by atoms with Gasteiger partial charge in [-0.25, -0.2) is 0 Å². The van der Waals surface area contributed by atoms with Crippen molar-refractivity contribution in [1.82, 2.24) is 15.1 Å². The quantitative estimate of drug-likeness (QED) is 0.838. The molecule has 0 aliphatic heterocycles. The predicted molar refractivity (Wildman–Crippen MR) is 84.8 cm³/mol. The van der Waals surface area contributed by atoms with Gasteiger partial charge in [-0.1, -0.05) is 12.1 Å². The van der Waals surface area contributed by atoms with Crippen molar-refractivity contribution >= 4 is 5.91 Å². The number of benzene rings is 1. The number of nitrogens with one attached hydrogen (secondary N) is 1. The van der Waals surface area contributed by atoms with Gasteiger partial charge in [0.05, 0.1) is 20.3 Å². The number of hydrogen-bond acceptors (Lipinski definition) is 5. The molecule has 0 aliphatic carbocycles. The summed E-state index contributed by atoms with van der Waals surface area (Å²) in [4.78, 5) is 12.3. The molecule has 2 aromatic rings. The molecule has 7 heteroatoms. The van der Waals surface area contributed by atoms with Gasteiger partial charge in [-0.2, -0.15) is 0 Å². The summed E-state index contributed by atoms with van der Waals surface area (Å²) in [6.07, 6.45) is 1.33. The molecule has 0 saturated heterocycles. The molecule has 0 bridgehead atoms. The zero-order chi connectivity index (χ0) is 16.8. The largest absolute Gasteiger partial charge is 0.497 e. The fourth-order valence-electron chi connectivity index (χ4n) is 2.23. The zero-order valence-electron chi connectivity index (χ0n) is 13.7. The third kappa shape index (κ3) is 4.01. The zero-order valence-corrected chi connectivity index (χ0v) is 13.7. The molecule has 0 saturated carbocycles. The van der Waals surface area contributed by atoms with Crippen LogP contribution >= 0.6 is 0 Å². The molecule has 0 fully saturated rings. The number of carbonyl (C=O) groups is 1. The van der Waals surface area contributed by atoms with E-state index in [1.807, 2.05) is 24.3 Å². The maximum atomic E-state index is 12.3. The van der Waals surface area contributed by atoms with E-state index in [1.54, 1.807) is 27.5 Å². The van der Waals surface area contributed by atoms with Crippen LogP contribution in [0.15, 0.2) is 30.5 Å². The number of rotatable bonds is 7. The summed E-state index contributed by atoms with van der Waals surface area (Å²) in [5.41, 5.74) is 1.31. The minimum atomic E-state index is -0.281.